The molecule has 0 aliphatic heterocycles. The number of rotatable bonds is 5. The van der Waals surface area contributed by atoms with E-state index < -0.39 is 0 Å². The first kappa shape index (κ1) is 16.8. The van der Waals surface area contributed by atoms with E-state index >= 15 is 0 Å². The summed E-state index contributed by atoms with van der Waals surface area (Å²) < 4.78 is 5.13. The van der Waals surface area contributed by atoms with Crippen LogP contribution in [0.25, 0.3) is 11.1 Å². The second-order valence-corrected chi connectivity index (χ2v) is 5.82. The number of amides is 1. The highest BCUT2D eigenvalue weighted by atomic mass is 16.5. The molecule has 0 aliphatic rings. The molecule has 6 nitrogen and oxygen atoms in total. The van der Waals surface area contributed by atoms with Gasteiger partial charge in [0.15, 0.2) is 5.82 Å². The summed E-state index contributed by atoms with van der Waals surface area (Å²) in [6.45, 7) is 6.49. The van der Waals surface area contributed by atoms with Gasteiger partial charge in [0.05, 0.1) is 0 Å². The Bertz CT molecular complexity index is 888. The number of aromatic nitrogens is 3. The van der Waals surface area contributed by atoms with Gasteiger partial charge in [-0.15, -0.1) is 0 Å². The predicted molar refractivity (Wildman–Crippen MR) is 93.9 cm³/mol. The van der Waals surface area contributed by atoms with E-state index in [4.69, 9.17) is 4.52 Å². The summed E-state index contributed by atoms with van der Waals surface area (Å²) >= 11 is 0. The quantitative estimate of drug-likeness (QED) is 0.714. The lowest BCUT2D eigenvalue weighted by Crippen LogP contribution is -2.30. The molecule has 0 unspecified atom stereocenters. The van der Waals surface area contributed by atoms with Gasteiger partial charge in [-0.05, 0) is 56.2 Å². The summed E-state index contributed by atoms with van der Waals surface area (Å²) in [7, 11) is 0. The minimum atomic E-state index is -0.0639. The highest BCUT2D eigenvalue weighted by molar-refractivity contribution is 5.95. The van der Waals surface area contributed by atoms with Crippen LogP contribution in [0.2, 0.25) is 0 Å². The van der Waals surface area contributed by atoms with E-state index in [0.717, 1.165) is 16.8 Å². The molecule has 6 heteroatoms. The molecule has 1 amide bonds. The number of carbonyl (C=O) groups excluding carboxylic acids is 1. The average molecular weight is 336 g/mol. The Hall–Kier alpha value is -3.02. The van der Waals surface area contributed by atoms with Crippen molar-refractivity contribution in [1.82, 2.24) is 20.0 Å². The zero-order valence-electron chi connectivity index (χ0n) is 14.6. The smallest absolute Gasteiger partial charge is 0.254 e. The van der Waals surface area contributed by atoms with Crippen LogP contribution < -0.4 is 0 Å². The normalized spacial score (nSPS) is 10.7. The number of benzene rings is 1. The van der Waals surface area contributed by atoms with Crippen molar-refractivity contribution in [3.05, 3.63) is 65.6 Å². The van der Waals surface area contributed by atoms with Crippen molar-refractivity contribution in [2.45, 2.75) is 27.3 Å². The Labute approximate surface area is 146 Å². The molecule has 0 N–H and O–H groups in total. The standard InChI is InChI=1S/C19H20N4O2/c1-4-23(12-18-21-14(3)22-25-18)19(24)17-7-5-6-15(11-17)16-8-9-20-13(2)10-16/h5-11H,4,12H2,1-3H3. The van der Waals surface area contributed by atoms with Crippen LogP contribution in [0.15, 0.2) is 47.1 Å². The fourth-order valence-electron chi connectivity index (χ4n) is 2.63. The van der Waals surface area contributed by atoms with Crippen molar-refractivity contribution in [2.24, 2.45) is 0 Å². The van der Waals surface area contributed by atoms with Crippen molar-refractivity contribution in [2.75, 3.05) is 6.54 Å². The Kier molecular flexibility index (Phi) is 4.88. The highest BCUT2D eigenvalue weighted by Crippen LogP contribution is 2.21. The Morgan fingerprint density at radius 2 is 1.96 bits per heavy atom. The fourth-order valence-corrected chi connectivity index (χ4v) is 2.63. The van der Waals surface area contributed by atoms with Crippen molar-refractivity contribution >= 4 is 5.91 Å². The molecule has 3 rings (SSSR count). The third kappa shape index (κ3) is 3.91. The molecule has 25 heavy (non-hydrogen) atoms. The van der Waals surface area contributed by atoms with Gasteiger partial charge in [0, 0.05) is 24.0 Å². The number of carbonyl (C=O) groups is 1. The first-order valence-corrected chi connectivity index (χ1v) is 8.18. The average Bonchev–Trinajstić information content (AvgIpc) is 3.04. The van der Waals surface area contributed by atoms with Crippen LogP contribution in [0.3, 0.4) is 0 Å². The van der Waals surface area contributed by atoms with Crippen LogP contribution in [-0.4, -0.2) is 32.5 Å². The molecule has 0 bridgehead atoms. The monoisotopic (exact) mass is 336 g/mol. The minimum Gasteiger partial charge on any atom is -0.337 e. The minimum absolute atomic E-state index is 0.0639. The fraction of sp³-hybridized carbons (Fsp3) is 0.263. The van der Waals surface area contributed by atoms with Crippen molar-refractivity contribution in [3.8, 4) is 11.1 Å². The SMILES string of the molecule is CCN(Cc1nc(C)no1)C(=O)c1cccc(-c2ccnc(C)c2)c1. The first-order valence-electron chi connectivity index (χ1n) is 8.18. The third-order valence-electron chi connectivity index (χ3n) is 3.90. The Morgan fingerprint density at radius 1 is 1.16 bits per heavy atom. The van der Waals surface area contributed by atoms with E-state index in [1.807, 2.05) is 50.2 Å². The zero-order chi connectivity index (χ0) is 17.8. The second kappa shape index (κ2) is 7.25. The van der Waals surface area contributed by atoms with Gasteiger partial charge < -0.3 is 9.42 Å². The lowest BCUT2D eigenvalue weighted by Gasteiger charge is -2.19. The lowest BCUT2D eigenvalue weighted by atomic mass is 10.0. The maximum Gasteiger partial charge on any atom is 0.254 e. The molecule has 0 fully saturated rings. The molecular formula is C19H20N4O2. The van der Waals surface area contributed by atoms with Gasteiger partial charge >= 0.3 is 0 Å². The van der Waals surface area contributed by atoms with Crippen LogP contribution in [0, 0.1) is 13.8 Å². The van der Waals surface area contributed by atoms with Crippen LogP contribution in [0.4, 0.5) is 0 Å². The van der Waals surface area contributed by atoms with E-state index in [9.17, 15) is 4.79 Å². The second-order valence-electron chi connectivity index (χ2n) is 5.82. The van der Waals surface area contributed by atoms with Gasteiger partial charge in [-0.2, -0.15) is 4.98 Å². The summed E-state index contributed by atoms with van der Waals surface area (Å²) in [5.74, 6) is 0.938. The number of hydrogen-bond acceptors (Lipinski definition) is 5. The summed E-state index contributed by atoms with van der Waals surface area (Å²) in [6, 6.07) is 11.5. The molecule has 0 radical (unpaired) electrons. The number of pyridine rings is 1. The molecule has 3 aromatic rings. The summed E-state index contributed by atoms with van der Waals surface area (Å²) in [4.78, 5) is 22.9. The Morgan fingerprint density at radius 3 is 2.64 bits per heavy atom. The summed E-state index contributed by atoms with van der Waals surface area (Å²) in [6.07, 6.45) is 1.77. The molecule has 2 aromatic heterocycles. The molecule has 0 spiro atoms. The third-order valence-corrected chi connectivity index (χ3v) is 3.90. The van der Waals surface area contributed by atoms with E-state index in [0.29, 0.717) is 30.4 Å². The van der Waals surface area contributed by atoms with Gasteiger partial charge in [0.1, 0.15) is 6.54 Å². The van der Waals surface area contributed by atoms with E-state index in [-0.39, 0.29) is 5.91 Å². The van der Waals surface area contributed by atoms with E-state index in [2.05, 4.69) is 15.1 Å². The number of aryl methyl sites for hydroxylation is 2. The van der Waals surface area contributed by atoms with Gasteiger partial charge in [-0.1, -0.05) is 17.3 Å². The molecule has 2 heterocycles. The maximum atomic E-state index is 12.9. The Balaban J connectivity index is 1.84. The van der Waals surface area contributed by atoms with Crippen molar-refractivity contribution < 1.29 is 9.32 Å². The molecule has 0 aliphatic carbocycles. The molecule has 128 valence electrons. The molecule has 0 saturated heterocycles. The summed E-state index contributed by atoms with van der Waals surface area (Å²) in [5, 5.41) is 3.77. The predicted octanol–water partition coefficient (Wildman–Crippen LogP) is 3.41. The van der Waals surface area contributed by atoms with Crippen LogP contribution in [0.5, 0.6) is 0 Å². The van der Waals surface area contributed by atoms with Crippen molar-refractivity contribution in [1.29, 1.82) is 0 Å². The molecule has 1 aromatic carbocycles. The molecule has 0 atom stereocenters. The lowest BCUT2D eigenvalue weighted by molar-refractivity contribution is 0.0734. The van der Waals surface area contributed by atoms with Crippen LogP contribution >= 0.6 is 0 Å². The van der Waals surface area contributed by atoms with Gasteiger partial charge in [0.2, 0.25) is 5.89 Å². The number of nitrogens with zero attached hydrogens (tertiary/aromatic N) is 4. The van der Waals surface area contributed by atoms with Gasteiger partial charge in [0.25, 0.3) is 5.91 Å². The van der Waals surface area contributed by atoms with E-state index in [1.54, 1.807) is 18.0 Å². The largest absolute Gasteiger partial charge is 0.337 e. The van der Waals surface area contributed by atoms with Gasteiger partial charge in [-0.3, -0.25) is 9.78 Å². The molecular weight excluding hydrogens is 316 g/mol. The van der Waals surface area contributed by atoms with Crippen LogP contribution in [-0.2, 0) is 6.54 Å². The zero-order valence-corrected chi connectivity index (χ0v) is 14.6. The topological polar surface area (TPSA) is 72.1 Å². The van der Waals surface area contributed by atoms with Gasteiger partial charge in [-0.25, -0.2) is 0 Å². The molecule has 0 saturated carbocycles. The van der Waals surface area contributed by atoms with Crippen molar-refractivity contribution in [3.63, 3.8) is 0 Å². The van der Waals surface area contributed by atoms with Crippen LogP contribution in [0.1, 0.15) is 34.7 Å². The highest BCUT2D eigenvalue weighted by Gasteiger charge is 2.18. The van der Waals surface area contributed by atoms with E-state index in [1.165, 1.54) is 0 Å². The summed E-state index contributed by atoms with van der Waals surface area (Å²) in [5.41, 5.74) is 3.60. The first-order chi connectivity index (χ1) is 12.1. The maximum absolute atomic E-state index is 12.9. The number of hydrogen-bond donors (Lipinski definition) is 0.